The average molecular weight is 485 g/mol. The molecule has 38 heavy (non-hydrogen) atoms. The van der Waals surface area contributed by atoms with Crippen LogP contribution >= 0.6 is 0 Å². The molecule has 1 heteroatoms. The first kappa shape index (κ1) is 20.4. The third-order valence-electron chi connectivity index (χ3n) is 9.01. The zero-order valence-electron chi connectivity index (χ0n) is 21.3. The molecule has 0 fully saturated rings. The molecule has 0 radical (unpaired) electrons. The van der Waals surface area contributed by atoms with E-state index >= 15 is 0 Å². The van der Waals surface area contributed by atoms with E-state index in [0.717, 1.165) is 11.2 Å². The van der Waals surface area contributed by atoms with E-state index < -0.39 is 0 Å². The monoisotopic (exact) mass is 484 g/mol. The molecule has 1 aliphatic rings. The van der Waals surface area contributed by atoms with Gasteiger partial charge in [0.1, 0.15) is 11.2 Å². The van der Waals surface area contributed by atoms with E-state index in [9.17, 15) is 0 Å². The third-order valence-corrected chi connectivity index (χ3v) is 9.01. The van der Waals surface area contributed by atoms with E-state index in [1.54, 1.807) is 0 Å². The van der Waals surface area contributed by atoms with Crippen molar-refractivity contribution in [2.24, 2.45) is 0 Å². The lowest BCUT2D eigenvalue weighted by Crippen LogP contribution is -2.15. The van der Waals surface area contributed by atoms with Crippen molar-refractivity contribution in [3.63, 3.8) is 0 Å². The SMILES string of the molecule is CC1(C)c2ccccc2-c2c1cc(-c1ccc3ccc4cccc5ccc1c3c45)c1oc3ccccc3c21. The summed E-state index contributed by atoms with van der Waals surface area (Å²) in [6.07, 6.45) is 0. The molecule has 178 valence electrons. The van der Waals surface area contributed by atoms with Gasteiger partial charge in [0.2, 0.25) is 0 Å². The number of furan rings is 1. The average Bonchev–Trinajstić information content (AvgIpc) is 3.44. The lowest BCUT2D eigenvalue weighted by atomic mass is 9.80. The molecule has 0 aliphatic heterocycles. The van der Waals surface area contributed by atoms with Crippen LogP contribution in [0.1, 0.15) is 25.0 Å². The first-order valence-electron chi connectivity index (χ1n) is 13.4. The van der Waals surface area contributed by atoms with Gasteiger partial charge >= 0.3 is 0 Å². The molecule has 0 saturated carbocycles. The number of rotatable bonds is 1. The summed E-state index contributed by atoms with van der Waals surface area (Å²) < 4.78 is 6.74. The Morgan fingerprint density at radius 3 is 2.08 bits per heavy atom. The molecular weight excluding hydrogens is 460 g/mol. The Balaban J connectivity index is 1.49. The highest BCUT2D eigenvalue weighted by atomic mass is 16.3. The first-order valence-corrected chi connectivity index (χ1v) is 13.4. The Morgan fingerprint density at radius 2 is 1.21 bits per heavy atom. The molecule has 7 aromatic carbocycles. The van der Waals surface area contributed by atoms with Crippen molar-refractivity contribution >= 4 is 54.3 Å². The highest BCUT2D eigenvalue weighted by Gasteiger charge is 2.38. The van der Waals surface area contributed by atoms with Gasteiger partial charge in [-0.15, -0.1) is 0 Å². The summed E-state index contributed by atoms with van der Waals surface area (Å²) in [5.74, 6) is 0. The van der Waals surface area contributed by atoms with Gasteiger partial charge in [-0.3, -0.25) is 0 Å². The molecule has 8 aromatic rings. The second-order valence-corrected chi connectivity index (χ2v) is 11.3. The minimum absolute atomic E-state index is 0.100. The van der Waals surface area contributed by atoms with Crippen molar-refractivity contribution in [3.05, 3.63) is 120 Å². The van der Waals surface area contributed by atoms with E-state index in [2.05, 4.69) is 123 Å². The maximum absolute atomic E-state index is 6.74. The van der Waals surface area contributed by atoms with Crippen LogP contribution in [0.4, 0.5) is 0 Å². The highest BCUT2D eigenvalue weighted by molar-refractivity contribution is 6.27. The van der Waals surface area contributed by atoms with Crippen molar-refractivity contribution in [1.82, 2.24) is 0 Å². The maximum Gasteiger partial charge on any atom is 0.143 e. The van der Waals surface area contributed by atoms with Gasteiger partial charge in [-0.05, 0) is 72.3 Å². The fourth-order valence-electron chi connectivity index (χ4n) is 7.23. The van der Waals surface area contributed by atoms with Crippen molar-refractivity contribution in [3.8, 4) is 22.3 Å². The molecular formula is C37H24O. The van der Waals surface area contributed by atoms with Crippen LogP contribution in [0.3, 0.4) is 0 Å². The molecule has 0 atom stereocenters. The van der Waals surface area contributed by atoms with Gasteiger partial charge in [0.25, 0.3) is 0 Å². The van der Waals surface area contributed by atoms with Crippen molar-refractivity contribution < 1.29 is 4.42 Å². The van der Waals surface area contributed by atoms with Gasteiger partial charge in [0, 0.05) is 21.8 Å². The van der Waals surface area contributed by atoms with Gasteiger partial charge in [-0.1, -0.05) is 111 Å². The Morgan fingerprint density at radius 1 is 0.500 bits per heavy atom. The fourth-order valence-corrected chi connectivity index (χ4v) is 7.23. The molecule has 0 spiro atoms. The van der Waals surface area contributed by atoms with Gasteiger partial charge in [-0.2, -0.15) is 0 Å². The smallest absolute Gasteiger partial charge is 0.143 e. The molecule has 0 unspecified atom stereocenters. The first-order chi connectivity index (χ1) is 18.6. The van der Waals surface area contributed by atoms with Crippen LogP contribution in [-0.2, 0) is 5.41 Å². The predicted molar refractivity (Wildman–Crippen MR) is 160 cm³/mol. The molecule has 1 heterocycles. The Kier molecular flexibility index (Phi) is 3.67. The van der Waals surface area contributed by atoms with E-state index in [1.807, 2.05) is 0 Å². The Bertz CT molecular complexity index is 2240. The summed E-state index contributed by atoms with van der Waals surface area (Å²) in [4.78, 5) is 0. The quantitative estimate of drug-likeness (QED) is 0.211. The molecule has 0 bridgehead atoms. The van der Waals surface area contributed by atoms with Crippen LogP contribution in [0.5, 0.6) is 0 Å². The van der Waals surface area contributed by atoms with Crippen LogP contribution in [0.2, 0.25) is 0 Å². The number of hydrogen-bond donors (Lipinski definition) is 0. The molecule has 1 nitrogen and oxygen atoms in total. The summed E-state index contributed by atoms with van der Waals surface area (Å²) in [6.45, 7) is 4.72. The largest absolute Gasteiger partial charge is 0.455 e. The molecule has 1 aromatic heterocycles. The molecule has 0 N–H and O–H groups in total. The summed E-state index contributed by atoms with van der Waals surface area (Å²) in [6, 6.07) is 40.1. The zero-order chi connectivity index (χ0) is 25.2. The number of benzene rings is 7. The molecule has 1 aliphatic carbocycles. The second-order valence-electron chi connectivity index (χ2n) is 11.3. The summed E-state index contributed by atoms with van der Waals surface area (Å²) in [5.41, 5.74) is 9.63. The third kappa shape index (κ3) is 2.38. The number of hydrogen-bond acceptors (Lipinski definition) is 1. The van der Waals surface area contributed by atoms with Gasteiger partial charge < -0.3 is 4.42 Å². The molecule has 9 rings (SSSR count). The standard InChI is InChI=1S/C37H24O/c1-37(2)29-12-5-3-10-26(29)34-30(37)20-28(36-35(34)27-11-4-6-13-31(27)38-36)24-18-16-23-15-14-21-8-7-9-22-17-19-25(24)33(23)32(21)22/h3-20H,1-2H3. The van der Waals surface area contributed by atoms with Crippen molar-refractivity contribution in [1.29, 1.82) is 0 Å². The normalized spacial score (nSPS) is 14.3. The minimum Gasteiger partial charge on any atom is -0.455 e. The second kappa shape index (κ2) is 6.82. The minimum atomic E-state index is -0.100. The van der Waals surface area contributed by atoms with Crippen LogP contribution < -0.4 is 0 Å². The van der Waals surface area contributed by atoms with Gasteiger partial charge in [0.15, 0.2) is 0 Å². The van der Waals surface area contributed by atoms with E-state index in [-0.39, 0.29) is 5.41 Å². The summed E-state index contributed by atoms with van der Waals surface area (Å²) in [5, 5.41) is 10.2. The number of para-hydroxylation sites is 1. The van der Waals surface area contributed by atoms with Gasteiger partial charge in [0.05, 0.1) is 0 Å². The lowest BCUT2D eigenvalue weighted by molar-refractivity contribution is 0.657. The molecule has 0 amide bonds. The maximum atomic E-state index is 6.74. The van der Waals surface area contributed by atoms with Crippen LogP contribution in [0, 0.1) is 0 Å². The van der Waals surface area contributed by atoms with Crippen LogP contribution in [0.25, 0.3) is 76.5 Å². The lowest BCUT2D eigenvalue weighted by Gasteiger charge is -2.22. The van der Waals surface area contributed by atoms with E-state index in [4.69, 9.17) is 4.42 Å². The van der Waals surface area contributed by atoms with E-state index in [0.29, 0.717) is 0 Å². The Hall–Kier alpha value is -4.62. The highest BCUT2D eigenvalue weighted by Crippen LogP contribution is 2.55. The summed E-state index contributed by atoms with van der Waals surface area (Å²) in [7, 11) is 0. The van der Waals surface area contributed by atoms with E-state index in [1.165, 1.54) is 76.5 Å². The van der Waals surface area contributed by atoms with Crippen LogP contribution in [-0.4, -0.2) is 0 Å². The predicted octanol–water partition coefficient (Wildman–Crippen LogP) is 10.5. The molecule has 0 saturated heterocycles. The topological polar surface area (TPSA) is 13.1 Å². The fraction of sp³-hybridized carbons (Fsp3) is 0.0811. The van der Waals surface area contributed by atoms with Crippen LogP contribution in [0.15, 0.2) is 114 Å². The van der Waals surface area contributed by atoms with Crippen molar-refractivity contribution in [2.45, 2.75) is 19.3 Å². The Labute approximate surface area is 220 Å². The summed E-state index contributed by atoms with van der Waals surface area (Å²) >= 11 is 0. The van der Waals surface area contributed by atoms with Gasteiger partial charge in [-0.25, -0.2) is 0 Å². The number of fused-ring (bicyclic) bond motifs is 7. The zero-order valence-corrected chi connectivity index (χ0v) is 21.3. The van der Waals surface area contributed by atoms with Crippen molar-refractivity contribution in [2.75, 3.05) is 0 Å².